The van der Waals surface area contributed by atoms with Crippen molar-refractivity contribution < 1.29 is 22.4 Å². The zero-order valence-corrected chi connectivity index (χ0v) is 14.3. The molecule has 0 fully saturated rings. The van der Waals surface area contributed by atoms with Gasteiger partial charge in [0.1, 0.15) is 11.4 Å². The first-order valence-electron chi connectivity index (χ1n) is 8.17. The van der Waals surface area contributed by atoms with Crippen molar-refractivity contribution in [2.45, 2.75) is 12.7 Å². The monoisotopic (exact) mass is 390 g/mol. The van der Waals surface area contributed by atoms with E-state index in [-0.39, 0.29) is 23.4 Å². The Morgan fingerprint density at radius 2 is 1.75 bits per heavy atom. The van der Waals surface area contributed by atoms with Gasteiger partial charge in [-0.05, 0) is 42.0 Å². The van der Waals surface area contributed by atoms with Crippen LogP contribution in [-0.2, 0) is 12.7 Å². The van der Waals surface area contributed by atoms with Crippen molar-refractivity contribution in [2.24, 2.45) is 0 Å². The van der Waals surface area contributed by atoms with Gasteiger partial charge in [0.15, 0.2) is 0 Å². The van der Waals surface area contributed by atoms with Crippen molar-refractivity contribution in [3.05, 3.63) is 99.7 Å². The molecule has 8 heteroatoms. The average molecular weight is 390 g/mol. The predicted octanol–water partition coefficient (Wildman–Crippen LogP) is 4.31. The van der Waals surface area contributed by atoms with Crippen LogP contribution < -0.4 is 10.9 Å². The summed E-state index contributed by atoms with van der Waals surface area (Å²) in [6, 6.07) is 12.7. The Labute approximate surface area is 157 Å². The van der Waals surface area contributed by atoms with Gasteiger partial charge >= 0.3 is 6.18 Å². The molecule has 1 heterocycles. The quantitative estimate of drug-likeness (QED) is 0.675. The molecule has 0 saturated heterocycles. The minimum atomic E-state index is -4.50. The largest absolute Gasteiger partial charge is 0.416 e. The fraction of sp³-hybridized carbons (Fsp3) is 0.100. The van der Waals surface area contributed by atoms with Crippen LogP contribution in [0, 0.1) is 5.82 Å². The van der Waals surface area contributed by atoms with E-state index in [1.165, 1.54) is 48.7 Å². The van der Waals surface area contributed by atoms with E-state index >= 15 is 0 Å². The van der Waals surface area contributed by atoms with Gasteiger partial charge in [0, 0.05) is 6.20 Å². The van der Waals surface area contributed by atoms with Crippen LogP contribution in [0.5, 0.6) is 0 Å². The molecule has 0 aliphatic carbocycles. The fourth-order valence-electron chi connectivity index (χ4n) is 2.63. The van der Waals surface area contributed by atoms with Crippen LogP contribution >= 0.6 is 0 Å². The summed E-state index contributed by atoms with van der Waals surface area (Å²) in [6.07, 6.45) is -3.13. The summed E-state index contributed by atoms with van der Waals surface area (Å²) in [5.41, 5.74) is -1.61. The number of nitrogens with one attached hydrogen (secondary N) is 1. The number of hydrogen-bond acceptors (Lipinski definition) is 2. The van der Waals surface area contributed by atoms with Crippen LogP contribution in [0.2, 0.25) is 0 Å². The number of pyridine rings is 1. The van der Waals surface area contributed by atoms with E-state index in [2.05, 4.69) is 5.32 Å². The Kier molecular flexibility index (Phi) is 5.30. The lowest BCUT2D eigenvalue weighted by atomic mass is 10.1. The van der Waals surface area contributed by atoms with Crippen molar-refractivity contribution in [1.82, 2.24) is 4.57 Å². The first-order chi connectivity index (χ1) is 13.3. The van der Waals surface area contributed by atoms with E-state index < -0.39 is 29.0 Å². The summed E-state index contributed by atoms with van der Waals surface area (Å²) in [5, 5.41) is 2.31. The number of carbonyl (C=O) groups excluding carboxylic acids is 1. The topological polar surface area (TPSA) is 51.1 Å². The molecule has 0 atom stereocenters. The molecular formula is C20H14F4N2O2. The molecule has 1 aromatic heterocycles. The maximum atomic E-state index is 13.7. The Morgan fingerprint density at radius 3 is 2.46 bits per heavy atom. The van der Waals surface area contributed by atoms with Crippen molar-refractivity contribution >= 4 is 11.6 Å². The summed E-state index contributed by atoms with van der Waals surface area (Å²) < 4.78 is 53.3. The lowest BCUT2D eigenvalue weighted by Crippen LogP contribution is -2.29. The van der Waals surface area contributed by atoms with Gasteiger partial charge in [0.25, 0.3) is 11.5 Å². The van der Waals surface area contributed by atoms with E-state index in [1.807, 2.05) is 0 Å². The molecule has 0 aliphatic heterocycles. The summed E-state index contributed by atoms with van der Waals surface area (Å²) in [5.74, 6) is -1.47. The molecule has 0 aliphatic rings. The van der Waals surface area contributed by atoms with Crippen LogP contribution in [0.25, 0.3) is 0 Å². The smallest absolute Gasteiger partial charge is 0.319 e. The third-order valence-electron chi connectivity index (χ3n) is 3.99. The molecule has 2 aromatic carbocycles. The standard InChI is InChI=1S/C20H14F4N2O2/c21-16-8-1-2-9-17(16)25-18(27)15-7-4-10-26(19(15)28)12-13-5-3-6-14(11-13)20(22,23)24/h1-11H,12H2,(H,25,27). The molecular weight excluding hydrogens is 376 g/mol. The zero-order valence-electron chi connectivity index (χ0n) is 14.3. The number of nitrogens with zero attached hydrogens (tertiary/aromatic N) is 1. The molecule has 3 rings (SSSR count). The van der Waals surface area contributed by atoms with Gasteiger partial charge in [-0.15, -0.1) is 0 Å². The number of para-hydroxylation sites is 1. The number of hydrogen-bond donors (Lipinski definition) is 1. The van der Waals surface area contributed by atoms with Gasteiger partial charge < -0.3 is 9.88 Å². The van der Waals surface area contributed by atoms with Crippen LogP contribution in [0.4, 0.5) is 23.2 Å². The van der Waals surface area contributed by atoms with Gasteiger partial charge in [-0.25, -0.2) is 4.39 Å². The Morgan fingerprint density at radius 1 is 1.00 bits per heavy atom. The summed E-state index contributed by atoms with van der Waals surface area (Å²) in [4.78, 5) is 24.9. The second-order valence-electron chi connectivity index (χ2n) is 5.99. The Bertz CT molecular complexity index is 1070. The minimum absolute atomic E-state index is 0.0832. The summed E-state index contributed by atoms with van der Waals surface area (Å²) in [7, 11) is 0. The number of anilines is 1. The van der Waals surface area contributed by atoms with E-state index in [0.29, 0.717) is 0 Å². The molecule has 0 unspecified atom stereocenters. The number of aromatic nitrogens is 1. The molecule has 1 amide bonds. The molecule has 0 saturated carbocycles. The molecule has 4 nitrogen and oxygen atoms in total. The van der Waals surface area contributed by atoms with Gasteiger partial charge in [0.05, 0.1) is 17.8 Å². The third-order valence-corrected chi connectivity index (χ3v) is 3.99. The molecule has 1 N–H and O–H groups in total. The Balaban J connectivity index is 1.87. The predicted molar refractivity (Wildman–Crippen MR) is 95.6 cm³/mol. The second kappa shape index (κ2) is 7.67. The maximum absolute atomic E-state index is 13.7. The average Bonchev–Trinajstić information content (AvgIpc) is 2.65. The molecule has 0 bridgehead atoms. The lowest BCUT2D eigenvalue weighted by Gasteiger charge is -2.11. The van der Waals surface area contributed by atoms with Crippen molar-refractivity contribution in [2.75, 3.05) is 5.32 Å². The number of alkyl halides is 3. The van der Waals surface area contributed by atoms with Gasteiger partial charge in [-0.1, -0.05) is 24.3 Å². The van der Waals surface area contributed by atoms with Crippen LogP contribution in [0.15, 0.2) is 71.7 Å². The van der Waals surface area contributed by atoms with E-state index in [0.717, 1.165) is 22.8 Å². The van der Waals surface area contributed by atoms with Gasteiger partial charge in [-0.3, -0.25) is 9.59 Å². The van der Waals surface area contributed by atoms with Gasteiger partial charge in [-0.2, -0.15) is 13.2 Å². The fourth-order valence-corrected chi connectivity index (χ4v) is 2.63. The summed E-state index contributed by atoms with van der Waals surface area (Å²) >= 11 is 0. The lowest BCUT2D eigenvalue weighted by molar-refractivity contribution is -0.137. The van der Waals surface area contributed by atoms with Gasteiger partial charge in [0.2, 0.25) is 0 Å². The zero-order chi connectivity index (χ0) is 20.3. The number of carbonyl (C=O) groups is 1. The molecule has 0 spiro atoms. The summed E-state index contributed by atoms with van der Waals surface area (Å²) in [6.45, 7) is -0.149. The highest BCUT2D eigenvalue weighted by atomic mass is 19.4. The minimum Gasteiger partial charge on any atom is -0.319 e. The highest BCUT2D eigenvalue weighted by Gasteiger charge is 2.30. The molecule has 0 radical (unpaired) electrons. The van der Waals surface area contributed by atoms with E-state index in [4.69, 9.17) is 0 Å². The first kappa shape index (κ1) is 19.3. The van der Waals surface area contributed by atoms with E-state index in [1.54, 1.807) is 0 Å². The molecule has 144 valence electrons. The van der Waals surface area contributed by atoms with Crippen LogP contribution in [0.3, 0.4) is 0 Å². The van der Waals surface area contributed by atoms with Crippen molar-refractivity contribution in [3.63, 3.8) is 0 Å². The highest BCUT2D eigenvalue weighted by molar-refractivity contribution is 6.04. The normalized spacial score (nSPS) is 11.3. The number of rotatable bonds is 4. The van der Waals surface area contributed by atoms with E-state index in [9.17, 15) is 27.2 Å². The number of benzene rings is 2. The molecule has 28 heavy (non-hydrogen) atoms. The second-order valence-corrected chi connectivity index (χ2v) is 5.99. The maximum Gasteiger partial charge on any atom is 0.416 e. The van der Waals surface area contributed by atoms with Crippen LogP contribution in [0.1, 0.15) is 21.5 Å². The van der Waals surface area contributed by atoms with Crippen molar-refractivity contribution in [3.8, 4) is 0 Å². The number of amides is 1. The Hall–Kier alpha value is -3.42. The SMILES string of the molecule is O=C(Nc1ccccc1F)c1cccn(Cc2cccc(C(F)(F)F)c2)c1=O. The molecule has 3 aromatic rings. The first-order valence-corrected chi connectivity index (χ1v) is 8.17. The number of halogens is 4. The van der Waals surface area contributed by atoms with Crippen molar-refractivity contribution in [1.29, 1.82) is 0 Å². The van der Waals surface area contributed by atoms with Crippen LogP contribution in [-0.4, -0.2) is 10.5 Å². The highest BCUT2D eigenvalue weighted by Crippen LogP contribution is 2.29. The third kappa shape index (κ3) is 4.28.